The normalized spacial score (nSPS) is 15.8. The number of aryl methyl sites for hydroxylation is 1. The first kappa shape index (κ1) is 28.4. The Balaban J connectivity index is 1.53. The third kappa shape index (κ3) is 11.6. The van der Waals surface area contributed by atoms with Gasteiger partial charge in [-0.2, -0.15) is 5.26 Å². The van der Waals surface area contributed by atoms with Crippen LogP contribution < -0.4 is 10.2 Å². The van der Waals surface area contributed by atoms with E-state index in [0.29, 0.717) is 12.3 Å². The number of unbranched alkanes of at least 4 members (excludes halogenated alkanes) is 15. The lowest BCUT2D eigenvalue weighted by atomic mass is 10.0. The highest BCUT2D eigenvalue weighted by molar-refractivity contribution is 5.38. The lowest BCUT2D eigenvalue weighted by molar-refractivity contribution is -0.106. The highest BCUT2D eigenvalue weighted by Crippen LogP contribution is 2.20. The van der Waals surface area contributed by atoms with Gasteiger partial charge in [-0.05, 0) is 19.3 Å². The van der Waals surface area contributed by atoms with Crippen molar-refractivity contribution in [2.45, 2.75) is 142 Å². The van der Waals surface area contributed by atoms with Crippen molar-refractivity contribution in [3.8, 4) is 11.8 Å². The van der Waals surface area contributed by atoms with Crippen molar-refractivity contribution in [3.63, 3.8) is 0 Å². The molecule has 0 aromatic carbocycles. The van der Waals surface area contributed by atoms with E-state index in [1.54, 1.807) is 6.20 Å². The van der Waals surface area contributed by atoms with E-state index in [2.05, 4.69) is 13.0 Å². The van der Waals surface area contributed by atoms with Gasteiger partial charge in [-0.1, -0.05) is 103 Å². The van der Waals surface area contributed by atoms with E-state index in [9.17, 15) is 10.1 Å². The van der Waals surface area contributed by atoms with Crippen LogP contribution in [0.2, 0.25) is 0 Å². The quantitative estimate of drug-likeness (QED) is 0.192. The molecule has 0 spiro atoms. The Kier molecular flexibility index (Phi) is 15.5. The number of rotatable bonds is 19. The van der Waals surface area contributed by atoms with Gasteiger partial charge in [0.2, 0.25) is 11.2 Å². The SMILES string of the molecule is CCCCCCCCCCCCCCCCCCn1ccc(=O)c(OC2CCCCO2)c1C#N. The van der Waals surface area contributed by atoms with Crippen molar-refractivity contribution in [2.75, 3.05) is 6.61 Å². The number of hydrogen-bond acceptors (Lipinski definition) is 4. The molecule has 192 valence electrons. The third-order valence-corrected chi connectivity index (χ3v) is 6.88. The second kappa shape index (κ2) is 18.5. The van der Waals surface area contributed by atoms with Gasteiger partial charge in [-0.3, -0.25) is 4.79 Å². The lowest BCUT2D eigenvalue weighted by Gasteiger charge is -2.24. The minimum absolute atomic E-state index is 0.147. The summed E-state index contributed by atoms with van der Waals surface area (Å²) in [5, 5.41) is 9.66. The zero-order valence-corrected chi connectivity index (χ0v) is 21.7. The molecule has 0 radical (unpaired) electrons. The third-order valence-electron chi connectivity index (χ3n) is 6.88. The Morgan fingerprint density at radius 2 is 1.47 bits per heavy atom. The second-order valence-corrected chi connectivity index (χ2v) is 9.88. The van der Waals surface area contributed by atoms with Crippen LogP contribution in [-0.2, 0) is 11.3 Å². The van der Waals surface area contributed by atoms with Crippen LogP contribution in [0.25, 0.3) is 0 Å². The van der Waals surface area contributed by atoms with E-state index < -0.39 is 6.29 Å². The largest absolute Gasteiger partial charge is 0.458 e. The smallest absolute Gasteiger partial charge is 0.224 e. The number of nitrogens with zero attached hydrogens (tertiary/aromatic N) is 2. The van der Waals surface area contributed by atoms with Gasteiger partial charge in [0.15, 0.2) is 12.0 Å². The summed E-state index contributed by atoms with van der Waals surface area (Å²) in [6.07, 6.45) is 25.5. The molecule has 2 heterocycles. The molecule has 1 saturated heterocycles. The lowest BCUT2D eigenvalue weighted by Crippen LogP contribution is -2.28. The van der Waals surface area contributed by atoms with E-state index in [1.165, 1.54) is 96.0 Å². The molecular formula is C29H48N2O3. The van der Waals surface area contributed by atoms with Gasteiger partial charge in [-0.25, -0.2) is 0 Å². The standard InChI is InChI=1S/C29H48N2O3/c1-2-3-4-5-6-7-8-9-10-11-12-13-14-15-16-18-22-31-23-21-27(32)29(26(31)25-30)34-28-20-17-19-24-33-28/h21,23,28H,2-20,22,24H2,1H3. The first-order chi connectivity index (χ1) is 16.8. The molecular weight excluding hydrogens is 424 g/mol. The summed E-state index contributed by atoms with van der Waals surface area (Å²) in [7, 11) is 0. The molecule has 1 aromatic heterocycles. The summed E-state index contributed by atoms with van der Waals surface area (Å²) in [6, 6.07) is 3.69. The molecule has 0 amide bonds. The summed E-state index contributed by atoms with van der Waals surface area (Å²) in [5.41, 5.74) is 0.0802. The van der Waals surface area contributed by atoms with Crippen molar-refractivity contribution in [2.24, 2.45) is 0 Å². The van der Waals surface area contributed by atoms with Crippen LogP contribution in [0, 0.1) is 11.3 Å². The molecule has 0 bridgehead atoms. The average Bonchev–Trinajstić information content (AvgIpc) is 2.86. The molecule has 0 N–H and O–H groups in total. The van der Waals surface area contributed by atoms with Crippen LogP contribution in [0.5, 0.6) is 5.75 Å². The number of aromatic nitrogens is 1. The van der Waals surface area contributed by atoms with Crippen molar-refractivity contribution < 1.29 is 9.47 Å². The van der Waals surface area contributed by atoms with E-state index in [0.717, 1.165) is 38.6 Å². The monoisotopic (exact) mass is 472 g/mol. The maximum absolute atomic E-state index is 12.3. The molecule has 1 atom stereocenters. The fraction of sp³-hybridized carbons (Fsp3) is 0.793. The Bertz CT molecular complexity index is 747. The van der Waals surface area contributed by atoms with Crippen LogP contribution in [0.15, 0.2) is 17.1 Å². The molecule has 34 heavy (non-hydrogen) atoms. The van der Waals surface area contributed by atoms with E-state index in [-0.39, 0.29) is 11.2 Å². The van der Waals surface area contributed by atoms with Crippen LogP contribution in [0.3, 0.4) is 0 Å². The fourth-order valence-corrected chi connectivity index (χ4v) is 4.74. The highest BCUT2D eigenvalue weighted by atomic mass is 16.7. The molecule has 5 nitrogen and oxygen atoms in total. The summed E-state index contributed by atoms with van der Waals surface area (Å²) < 4.78 is 13.3. The molecule has 0 aliphatic carbocycles. The first-order valence-corrected chi connectivity index (χ1v) is 14.2. The number of pyridine rings is 1. The van der Waals surface area contributed by atoms with Gasteiger partial charge in [0.25, 0.3) is 0 Å². The Labute approximate surface area is 207 Å². The van der Waals surface area contributed by atoms with Crippen LogP contribution in [0.4, 0.5) is 0 Å². The minimum Gasteiger partial charge on any atom is -0.458 e. The van der Waals surface area contributed by atoms with E-state index >= 15 is 0 Å². The van der Waals surface area contributed by atoms with Gasteiger partial charge < -0.3 is 14.0 Å². The highest BCUT2D eigenvalue weighted by Gasteiger charge is 2.20. The molecule has 1 aliphatic rings. The molecule has 1 aromatic rings. The van der Waals surface area contributed by atoms with Crippen LogP contribution in [-0.4, -0.2) is 17.5 Å². The summed E-state index contributed by atoms with van der Waals surface area (Å²) >= 11 is 0. The molecule has 5 heteroatoms. The number of hydrogen-bond donors (Lipinski definition) is 0. The molecule has 2 rings (SSSR count). The topological polar surface area (TPSA) is 64.2 Å². The maximum Gasteiger partial charge on any atom is 0.224 e. The zero-order chi connectivity index (χ0) is 24.3. The van der Waals surface area contributed by atoms with Gasteiger partial charge in [0.1, 0.15) is 6.07 Å². The minimum atomic E-state index is -0.417. The second-order valence-electron chi connectivity index (χ2n) is 9.88. The summed E-state index contributed by atoms with van der Waals surface area (Å²) in [4.78, 5) is 12.3. The van der Waals surface area contributed by atoms with E-state index in [1.807, 2.05) is 4.57 Å². The molecule has 1 unspecified atom stereocenters. The van der Waals surface area contributed by atoms with E-state index in [4.69, 9.17) is 9.47 Å². The Morgan fingerprint density at radius 1 is 0.912 bits per heavy atom. The Morgan fingerprint density at radius 3 is 1.97 bits per heavy atom. The molecule has 1 fully saturated rings. The van der Waals surface area contributed by atoms with Crippen molar-refractivity contribution in [3.05, 3.63) is 28.2 Å². The fourth-order valence-electron chi connectivity index (χ4n) is 4.74. The number of nitriles is 1. The average molecular weight is 473 g/mol. The van der Waals surface area contributed by atoms with Crippen molar-refractivity contribution in [1.82, 2.24) is 4.57 Å². The zero-order valence-electron chi connectivity index (χ0n) is 21.7. The first-order valence-electron chi connectivity index (χ1n) is 14.2. The Hall–Kier alpha value is -1.80. The molecule has 0 saturated carbocycles. The predicted octanol–water partition coefficient (Wildman–Crippen LogP) is 7.89. The predicted molar refractivity (Wildman–Crippen MR) is 139 cm³/mol. The summed E-state index contributed by atoms with van der Waals surface area (Å²) in [6.45, 7) is 3.66. The van der Waals surface area contributed by atoms with Crippen molar-refractivity contribution >= 4 is 0 Å². The maximum atomic E-state index is 12.3. The summed E-state index contributed by atoms with van der Waals surface area (Å²) in [5.74, 6) is 0.147. The van der Waals surface area contributed by atoms with Crippen molar-refractivity contribution in [1.29, 1.82) is 5.26 Å². The van der Waals surface area contributed by atoms with Gasteiger partial charge in [-0.15, -0.1) is 0 Å². The van der Waals surface area contributed by atoms with Crippen LogP contribution in [0.1, 0.15) is 135 Å². The van der Waals surface area contributed by atoms with Crippen LogP contribution >= 0.6 is 0 Å². The van der Waals surface area contributed by atoms with Gasteiger partial charge >= 0.3 is 0 Å². The number of ether oxygens (including phenoxy) is 2. The molecule has 1 aliphatic heterocycles. The van der Waals surface area contributed by atoms with Gasteiger partial charge in [0, 0.05) is 25.2 Å². The van der Waals surface area contributed by atoms with Gasteiger partial charge in [0.05, 0.1) is 6.61 Å².